The van der Waals surface area contributed by atoms with Crippen LogP contribution in [0, 0.1) is 11.3 Å². The van der Waals surface area contributed by atoms with E-state index in [0.29, 0.717) is 22.9 Å². The molecule has 1 aliphatic heterocycles. The van der Waals surface area contributed by atoms with Crippen LogP contribution in [0.15, 0.2) is 55.1 Å². The molecule has 4 heterocycles. The molecule has 4 aromatic rings. The Morgan fingerprint density at radius 3 is 2.59 bits per heavy atom. The highest BCUT2D eigenvalue weighted by Gasteiger charge is 2.22. The summed E-state index contributed by atoms with van der Waals surface area (Å²) in [4.78, 5) is 2.48. The van der Waals surface area contributed by atoms with Gasteiger partial charge in [-0.25, -0.2) is 4.52 Å². The Morgan fingerprint density at radius 2 is 1.88 bits per heavy atom. The van der Waals surface area contributed by atoms with Gasteiger partial charge in [0.2, 0.25) is 0 Å². The molecular formula is C24H25N7O. The maximum atomic E-state index is 9.31. The third kappa shape index (κ3) is 3.79. The molecule has 1 saturated heterocycles. The molecule has 0 aliphatic carbocycles. The Kier molecular flexibility index (Phi) is 5.25. The molecule has 0 atom stereocenters. The van der Waals surface area contributed by atoms with E-state index >= 15 is 0 Å². The number of fused-ring (bicyclic) bond motifs is 1. The second-order valence-electron chi connectivity index (χ2n) is 8.22. The number of anilines is 1. The number of nitrogens with zero attached hydrogens (tertiary/aromatic N) is 6. The van der Waals surface area contributed by atoms with E-state index in [0.717, 1.165) is 49.3 Å². The van der Waals surface area contributed by atoms with Crippen molar-refractivity contribution < 1.29 is 4.74 Å². The summed E-state index contributed by atoms with van der Waals surface area (Å²) in [7, 11) is 1.61. The predicted octanol–water partition coefficient (Wildman–Crippen LogP) is 3.50. The Bertz CT molecular complexity index is 1270. The number of likely N-dealkylation sites (tertiary alicyclic amines) is 1. The van der Waals surface area contributed by atoms with E-state index < -0.39 is 0 Å². The Labute approximate surface area is 186 Å². The van der Waals surface area contributed by atoms with Crippen LogP contribution in [0.5, 0.6) is 5.75 Å². The van der Waals surface area contributed by atoms with Gasteiger partial charge in [-0.3, -0.25) is 9.58 Å². The molecule has 0 spiro atoms. The molecule has 8 nitrogen and oxygen atoms in total. The number of nitrogen functional groups attached to an aromatic ring is 1. The van der Waals surface area contributed by atoms with Crippen LogP contribution in [0.2, 0.25) is 0 Å². The number of piperidine rings is 1. The maximum absolute atomic E-state index is 9.31. The standard InChI is InChI=1S/C24H25N7O/c1-32-23-10-18(15-31-24(23)19(11-25)12-28-31)20-13-27-30(16-20)22-6-8-29(9-7-22)14-17-2-4-21(26)5-3-17/h2-5,10,12-13,15-16,22H,6-9,14,26H2,1H3. The van der Waals surface area contributed by atoms with Gasteiger partial charge in [-0.2, -0.15) is 15.5 Å². The number of ether oxygens (including phenoxy) is 1. The molecule has 1 fully saturated rings. The van der Waals surface area contributed by atoms with Crippen LogP contribution in [0.4, 0.5) is 5.69 Å². The summed E-state index contributed by atoms with van der Waals surface area (Å²) in [6, 6.07) is 12.6. The molecule has 0 unspecified atom stereocenters. The van der Waals surface area contributed by atoms with Crippen molar-refractivity contribution in [2.75, 3.05) is 25.9 Å². The molecule has 162 valence electrons. The summed E-state index contributed by atoms with van der Waals surface area (Å²) < 4.78 is 9.30. The van der Waals surface area contributed by atoms with Gasteiger partial charge in [0.15, 0.2) is 0 Å². The minimum atomic E-state index is 0.381. The Hall–Kier alpha value is -3.83. The quantitative estimate of drug-likeness (QED) is 0.490. The van der Waals surface area contributed by atoms with Crippen molar-refractivity contribution in [1.82, 2.24) is 24.3 Å². The van der Waals surface area contributed by atoms with E-state index in [2.05, 4.69) is 44.2 Å². The van der Waals surface area contributed by atoms with Crippen LogP contribution in [0.25, 0.3) is 16.6 Å². The zero-order valence-corrected chi connectivity index (χ0v) is 18.0. The Balaban J connectivity index is 1.29. The van der Waals surface area contributed by atoms with Crippen molar-refractivity contribution in [2.24, 2.45) is 0 Å². The fourth-order valence-corrected chi connectivity index (χ4v) is 4.39. The van der Waals surface area contributed by atoms with E-state index in [9.17, 15) is 5.26 Å². The van der Waals surface area contributed by atoms with Gasteiger partial charge in [-0.15, -0.1) is 0 Å². The van der Waals surface area contributed by atoms with Crippen LogP contribution in [-0.2, 0) is 6.54 Å². The normalized spacial score (nSPS) is 15.1. The molecule has 8 heteroatoms. The second-order valence-corrected chi connectivity index (χ2v) is 8.22. The summed E-state index contributed by atoms with van der Waals surface area (Å²) >= 11 is 0. The second kappa shape index (κ2) is 8.36. The average molecular weight is 428 g/mol. The van der Waals surface area contributed by atoms with Crippen molar-refractivity contribution in [3.05, 3.63) is 66.2 Å². The highest BCUT2D eigenvalue weighted by molar-refractivity contribution is 5.74. The molecule has 2 N–H and O–H groups in total. The van der Waals surface area contributed by atoms with Gasteiger partial charge in [0.1, 0.15) is 22.9 Å². The Morgan fingerprint density at radius 1 is 1.09 bits per heavy atom. The van der Waals surface area contributed by atoms with Crippen molar-refractivity contribution in [2.45, 2.75) is 25.4 Å². The number of nitrogens with two attached hydrogens (primary N) is 1. The SMILES string of the molecule is COc1cc(-c2cnn(C3CCN(Cc4ccc(N)cc4)CC3)c2)cn2ncc(C#N)c12. The van der Waals surface area contributed by atoms with Gasteiger partial charge < -0.3 is 10.5 Å². The monoisotopic (exact) mass is 427 g/mol. The number of pyridine rings is 1. The van der Waals surface area contributed by atoms with E-state index in [4.69, 9.17) is 10.5 Å². The largest absolute Gasteiger partial charge is 0.494 e. The lowest BCUT2D eigenvalue weighted by molar-refractivity contribution is 0.173. The first-order valence-corrected chi connectivity index (χ1v) is 10.7. The minimum absolute atomic E-state index is 0.381. The zero-order valence-electron chi connectivity index (χ0n) is 18.0. The van der Waals surface area contributed by atoms with E-state index in [-0.39, 0.29) is 0 Å². The number of methoxy groups -OCH3 is 1. The summed E-state index contributed by atoms with van der Waals surface area (Å²) in [5, 5.41) is 18.3. The summed E-state index contributed by atoms with van der Waals surface area (Å²) in [6.45, 7) is 3.02. The first kappa shape index (κ1) is 20.1. The fraction of sp³-hybridized carbons (Fsp3) is 0.292. The molecule has 0 bridgehead atoms. The molecule has 0 saturated carbocycles. The molecule has 0 radical (unpaired) electrons. The fourth-order valence-electron chi connectivity index (χ4n) is 4.39. The number of nitriles is 1. The number of aromatic nitrogens is 4. The minimum Gasteiger partial charge on any atom is -0.494 e. The summed E-state index contributed by atoms with van der Waals surface area (Å²) in [5.41, 5.74) is 11.0. The van der Waals surface area contributed by atoms with Crippen LogP contribution in [-0.4, -0.2) is 44.5 Å². The first-order chi connectivity index (χ1) is 15.6. The number of hydrogen-bond donors (Lipinski definition) is 1. The van der Waals surface area contributed by atoms with Crippen molar-refractivity contribution >= 4 is 11.2 Å². The molecule has 32 heavy (non-hydrogen) atoms. The van der Waals surface area contributed by atoms with Crippen LogP contribution in [0.3, 0.4) is 0 Å². The zero-order chi connectivity index (χ0) is 22.1. The topological polar surface area (TPSA) is 97.4 Å². The lowest BCUT2D eigenvalue weighted by Crippen LogP contribution is -2.34. The average Bonchev–Trinajstić information content (AvgIpc) is 3.48. The van der Waals surface area contributed by atoms with E-state index in [1.807, 2.05) is 30.6 Å². The number of benzene rings is 1. The molecule has 0 amide bonds. The predicted molar refractivity (Wildman–Crippen MR) is 122 cm³/mol. The summed E-state index contributed by atoms with van der Waals surface area (Å²) in [6.07, 6.45) is 9.57. The van der Waals surface area contributed by atoms with Crippen molar-refractivity contribution in [1.29, 1.82) is 5.26 Å². The summed E-state index contributed by atoms with van der Waals surface area (Å²) in [5.74, 6) is 0.625. The van der Waals surface area contributed by atoms with Crippen molar-refractivity contribution in [3.8, 4) is 22.9 Å². The van der Waals surface area contributed by atoms with Crippen LogP contribution < -0.4 is 10.5 Å². The molecular weight excluding hydrogens is 402 g/mol. The lowest BCUT2D eigenvalue weighted by atomic mass is 10.0. The molecule has 5 rings (SSSR count). The van der Waals surface area contributed by atoms with Gasteiger partial charge >= 0.3 is 0 Å². The van der Waals surface area contributed by atoms with Gasteiger partial charge in [0.05, 0.1) is 25.5 Å². The third-order valence-corrected chi connectivity index (χ3v) is 6.17. The highest BCUT2D eigenvalue weighted by atomic mass is 16.5. The third-order valence-electron chi connectivity index (χ3n) is 6.17. The van der Waals surface area contributed by atoms with Crippen molar-refractivity contribution in [3.63, 3.8) is 0 Å². The lowest BCUT2D eigenvalue weighted by Gasteiger charge is -2.32. The van der Waals surface area contributed by atoms with E-state index in [1.165, 1.54) is 5.56 Å². The highest BCUT2D eigenvalue weighted by Crippen LogP contribution is 2.31. The first-order valence-electron chi connectivity index (χ1n) is 10.7. The molecule has 1 aromatic carbocycles. The van der Waals surface area contributed by atoms with E-state index in [1.54, 1.807) is 17.8 Å². The molecule has 1 aliphatic rings. The van der Waals surface area contributed by atoms with Gasteiger partial charge in [-0.05, 0) is 36.6 Å². The maximum Gasteiger partial charge on any atom is 0.146 e. The number of hydrogen-bond acceptors (Lipinski definition) is 6. The van der Waals surface area contributed by atoms with Crippen LogP contribution >= 0.6 is 0 Å². The van der Waals surface area contributed by atoms with Gasteiger partial charge in [-0.1, -0.05) is 12.1 Å². The van der Waals surface area contributed by atoms with Crippen LogP contribution in [0.1, 0.15) is 30.0 Å². The smallest absolute Gasteiger partial charge is 0.146 e. The molecule has 3 aromatic heterocycles. The van der Waals surface area contributed by atoms with Gasteiger partial charge in [0, 0.05) is 48.8 Å². The number of rotatable bonds is 5. The van der Waals surface area contributed by atoms with Gasteiger partial charge in [0.25, 0.3) is 0 Å².